The van der Waals surface area contributed by atoms with Gasteiger partial charge in [-0.2, -0.15) is 9.97 Å². The summed E-state index contributed by atoms with van der Waals surface area (Å²) in [6, 6.07) is 3.20. The SMILES string of the molecule is O=c1nc(SSc2ccn([C@H]3C[C@H](O)[C@@H](CO)O3)c(=O)n2)ccn1[C@H]1C[C@H](O)[C@@H](CO)O1. The van der Waals surface area contributed by atoms with Crippen molar-refractivity contribution in [3.05, 3.63) is 45.5 Å². The van der Waals surface area contributed by atoms with E-state index in [2.05, 4.69) is 9.97 Å². The Labute approximate surface area is 189 Å². The molecule has 12 nitrogen and oxygen atoms in total. The van der Waals surface area contributed by atoms with Crippen molar-refractivity contribution in [1.29, 1.82) is 0 Å². The molecule has 2 aliphatic heterocycles. The van der Waals surface area contributed by atoms with E-state index in [4.69, 9.17) is 9.47 Å². The highest BCUT2D eigenvalue weighted by molar-refractivity contribution is 8.76. The molecule has 0 amide bonds. The van der Waals surface area contributed by atoms with Crippen molar-refractivity contribution >= 4 is 21.6 Å². The lowest BCUT2D eigenvalue weighted by atomic mass is 10.2. The fourth-order valence-electron chi connectivity index (χ4n) is 3.51. The van der Waals surface area contributed by atoms with Crippen LogP contribution in [0.5, 0.6) is 0 Å². The van der Waals surface area contributed by atoms with Gasteiger partial charge in [0.05, 0.1) is 25.4 Å². The average molecular weight is 487 g/mol. The highest BCUT2D eigenvalue weighted by Gasteiger charge is 2.36. The number of aliphatic hydroxyl groups is 4. The van der Waals surface area contributed by atoms with E-state index in [0.717, 1.165) is 21.6 Å². The van der Waals surface area contributed by atoms with Crippen molar-refractivity contribution < 1.29 is 29.9 Å². The summed E-state index contributed by atoms with van der Waals surface area (Å²) in [6.07, 6.45) is -1.25. The van der Waals surface area contributed by atoms with Crippen molar-refractivity contribution in [1.82, 2.24) is 19.1 Å². The van der Waals surface area contributed by atoms with Crippen LogP contribution in [0, 0.1) is 0 Å². The number of rotatable bonds is 7. The van der Waals surface area contributed by atoms with E-state index in [1.807, 2.05) is 0 Å². The number of aromatic nitrogens is 4. The quantitative estimate of drug-likeness (QED) is 0.275. The van der Waals surface area contributed by atoms with Crippen molar-refractivity contribution in [2.24, 2.45) is 0 Å². The molecule has 0 bridgehead atoms. The van der Waals surface area contributed by atoms with Gasteiger partial charge in [0.15, 0.2) is 0 Å². The van der Waals surface area contributed by atoms with E-state index in [0.29, 0.717) is 10.1 Å². The standard InChI is InChI=1S/C18H22N4O8S2/c23-7-11-9(25)5-15(29-11)21-3-1-13(19-17(21)27)31-32-14-2-4-22(18(28)20-14)16-6-10(26)12(8-24)30-16/h1-4,9-12,15-16,23-26H,5-8H2/t9-,10-,11+,12+,15+,16+/m0/s1. The molecule has 4 rings (SSSR count). The second-order valence-corrected chi connectivity index (χ2v) is 9.48. The van der Waals surface area contributed by atoms with Crippen LogP contribution < -0.4 is 11.4 Å². The van der Waals surface area contributed by atoms with Gasteiger partial charge in [-0.05, 0) is 33.7 Å². The van der Waals surface area contributed by atoms with Gasteiger partial charge in [0, 0.05) is 25.2 Å². The first-order valence-corrected chi connectivity index (χ1v) is 12.0. The molecule has 0 spiro atoms. The van der Waals surface area contributed by atoms with Crippen LogP contribution in [0.3, 0.4) is 0 Å². The van der Waals surface area contributed by atoms with Crippen LogP contribution in [0.15, 0.2) is 44.2 Å². The summed E-state index contributed by atoms with van der Waals surface area (Å²) >= 11 is 0. The molecule has 2 saturated heterocycles. The van der Waals surface area contributed by atoms with Gasteiger partial charge < -0.3 is 29.9 Å². The zero-order valence-electron chi connectivity index (χ0n) is 16.6. The van der Waals surface area contributed by atoms with Crippen LogP contribution in [0.2, 0.25) is 0 Å². The predicted molar refractivity (Wildman–Crippen MR) is 112 cm³/mol. The monoisotopic (exact) mass is 486 g/mol. The molecule has 174 valence electrons. The van der Waals surface area contributed by atoms with Crippen LogP contribution in [0.4, 0.5) is 0 Å². The van der Waals surface area contributed by atoms with E-state index in [1.165, 1.54) is 21.5 Å². The van der Waals surface area contributed by atoms with E-state index in [1.54, 1.807) is 12.1 Å². The Morgan fingerprint density at radius 2 is 1.25 bits per heavy atom. The summed E-state index contributed by atoms with van der Waals surface area (Å²) < 4.78 is 13.4. The summed E-state index contributed by atoms with van der Waals surface area (Å²) in [6.45, 7) is -0.683. The molecule has 4 N–H and O–H groups in total. The Morgan fingerprint density at radius 1 is 0.844 bits per heavy atom. The Hall–Kier alpha value is -1.78. The minimum Gasteiger partial charge on any atom is -0.394 e. The first kappa shape index (κ1) is 23.4. The van der Waals surface area contributed by atoms with Crippen molar-refractivity contribution in [2.75, 3.05) is 13.2 Å². The fourth-order valence-corrected chi connectivity index (χ4v) is 5.21. The molecule has 4 heterocycles. The van der Waals surface area contributed by atoms with Crippen molar-refractivity contribution in [3.63, 3.8) is 0 Å². The average Bonchev–Trinajstić information content (AvgIpc) is 3.34. The molecule has 0 aliphatic carbocycles. The molecule has 2 aromatic rings. The predicted octanol–water partition coefficient (Wildman–Crippen LogP) is -1.12. The highest BCUT2D eigenvalue weighted by atomic mass is 33.1. The molecule has 2 aliphatic rings. The fraction of sp³-hybridized carbons (Fsp3) is 0.556. The maximum Gasteiger partial charge on any atom is 0.350 e. The van der Waals surface area contributed by atoms with Gasteiger partial charge in [-0.1, -0.05) is 0 Å². The van der Waals surface area contributed by atoms with Crippen molar-refractivity contribution in [3.8, 4) is 0 Å². The van der Waals surface area contributed by atoms with Gasteiger partial charge in [-0.15, -0.1) is 0 Å². The van der Waals surface area contributed by atoms with Crippen LogP contribution in [0.1, 0.15) is 25.3 Å². The Bertz CT molecular complexity index is 982. The van der Waals surface area contributed by atoms with Gasteiger partial charge in [-0.25, -0.2) is 9.59 Å². The van der Waals surface area contributed by atoms with E-state index < -0.39 is 48.3 Å². The molecular weight excluding hydrogens is 464 g/mol. The summed E-state index contributed by atoms with van der Waals surface area (Å²) in [5.74, 6) is 0. The molecule has 14 heteroatoms. The molecule has 0 saturated carbocycles. The number of ether oxygens (including phenoxy) is 2. The summed E-state index contributed by atoms with van der Waals surface area (Å²) in [4.78, 5) is 32.7. The second kappa shape index (κ2) is 10.0. The molecule has 0 aromatic carbocycles. The summed E-state index contributed by atoms with van der Waals surface area (Å²) in [7, 11) is 2.29. The number of hydrogen-bond acceptors (Lipinski definition) is 12. The third-order valence-electron chi connectivity index (χ3n) is 5.21. The van der Waals surface area contributed by atoms with Crippen molar-refractivity contribution in [2.45, 2.75) is 59.8 Å². The Kier molecular flexibility index (Phi) is 7.31. The maximum absolute atomic E-state index is 12.3. The van der Waals surface area contributed by atoms with E-state index >= 15 is 0 Å². The number of aliphatic hydroxyl groups excluding tert-OH is 4. The number of nitrogens with zero attached hydrogens (tertiary/aromatic N) is 4. The molecule has 2 fully saturated rings. The zero-order valence-corrected chi connectivity index (χ0v) is 18.3. The minimum atomic E-state index is -0.859. The third kappa shape index (κ3) is 4.92. The molecule has 6 atom stereocenters. The Morgan fingerprint density at radius 3 is 1.56 bits per heavy atom. The van der Waals surface area contributed by atoms with Crippen LogP contribution >= 0.6 is 21.6 Å². The smallest absolute Gasteiger partial charge is 0.350 e. The lowest BCUT2D eigenvalue weighted by Gasteiger charge is -2.14. The van der Waals surface area contributed by atoms with Gasteiger partial charge in [-0.3, -0.25) is 9.13 Å². The first-order valence-electron chi connectivity index (χ1n) is 9.81. The van der Waals surface area contributed by atoms with E-state index in [9.17, 15) is 30.0 Å². The van der Waals surface area contributed by atoms with E-state index in [-0.39, 0.29) is 26.1 Å². The van der Waals surface area contributed by atoms with Crippen LogP contribution in [-0.2, 0) is 9.47 Å². The van der Waals surface area contributed by atoms with Gasteiger partial charge in [0.25, 0.3) is 0 Å². The maximum atomic E-state index is 12.3. The largest absolute Gasteiger partial charge is 0.394 e. The summed E-state index contributed by atoms with van der Waals surface area (Å²) in [5.41, 5.74) is -1.13. The normalized spacial score (nSPS) is 30.1. The number of hydrogen-bond donors (Lipinski definition) is 4. The topological polar surface area (TPSA) is 169 Å². The van der Waals surface area contributed by atoms with Gasteiger partial charge >= 0.3 is 11.4 Å². The molecule has 32 heavy (non-hydrogen) atoms. The van der Waals surface area contributed by atoms with Crippen LogP contribution in [-0.4, -0.2) is 77.2 Å². The lowest BCUT2D eigenvalue weighted by molar-refractivity contribution is -0.0459. The molecule has 0 radical (unpaired) electrons. The lowest BCUT2D eigenvalue weighted by Crippen LogP contribution is -2.27. The molecule has 2 aromatic heterocycles. The van der Waals surface area contributed by atoms with Crippen LogP contribution in [0.25, 0.3) is 0 Å². The first-order chi connectivity index (χ1) is 15.4. The zero-order chi connectivity index (χ0) is 22.8. The summed E-state index contributed by atoms with van der Waals surface area (Å²) in [5, 5.41) is 38.8. The Balaban J connectivity index is 1.39. The minimum absolute atomic E-state index is 0.176. The van der Waals surface area contributed by atoms with Gasteiger partial charge in [0.2, 0.25) is 0 Å². The van der Waals surface area contributed by atoms with Gasteiger partial charge in [0.1, 0.15) is 34.7 Å². The highest BCUT2D eigenvalue weighted by Crippen LogP contribution is 2.35. The third-order valence-corrected chi connectivity index (χ3v) is 7.36. The molecular formula is C18H22N4O8S2. The second-order valence-electron chi connectivity index (χ2n) is 7.31. The molecule has 0 unspecified atom stereocenters.